The molecule has 0 aliphatic carbocycles. The Morgan fingerprint density at radius 2 is 2.29 bits per heavy atom. The average molecular weight is 263 g/mol. The smallest absolute Gasteiger partial charge is 0.465 e. The summed E-state index contributed by atoms with van der Waals surface area (Å²) in [6.07, 6.45) is 0.747. The molecule has 0 saturated carbocycles. The Balaban J connectivity index is 2.79. The van der Waals surface area contributed by atoms with E-state index in [1.165, 1.54) is 6.92 Å². The van der Waals surface area contributed by atoms with Gasteiger partial charge in [-0.15, -0.1) is 0 Å². The van der Waals surface area contributed by atoms with Crippen LogP contribution in [0.3, 0.4) is 0 Å². The van der Waals surface area contributed by atoms with Crippen molar-refractivity contribution in [2.24, 2.45) is 11.6 Å². The molecule has 6 N–H and O–H groups in total. The molecule has 1 rings (SSSR count). The molecule has 1 aliphatic rings. The number of nitrogens with one attached hydrogen (secondary N) is 1. The Labute approximate surface area is 99.1 Å². The Bertz CT molecular complexity index is 363. The number of piperidine rings is 1. The summed E-state index contributed by atoms with van der Waals surface area (Å²) in [5, 5.41) is 10.3. The molecule has 0 aromatic rings. The van der Waals surface area contributed by atoms with Gasteiger partial charge in [-0.2, -0.15) is 0 Å². The predicted molar refractivity (Wildman–Crippen MR) is 59.9 cm³/mol. The predicted octanol–water partition coefficient (Wildman–Crippen LogP) is -1.06. The lowest BCUT2D eigenvalue weighted by atomic mass is 10.1. The maximum atomic E-state index is 11.9. The number of nitrogens with zero attached hydrogens (tertiary/aromatic N) is 1. The van der Waals surface area contributed by atoms with Crippen molar-refractivity contribution < 1.29 is 19.3 Å². The summed E-state index contributed by atoms with van der Waals surface area (Å²) in [6, 6.07) is -1.04. The molecule has 8 nitrogen and oxygen atoms in total. The number of hydrogen-bond donors (Lipinski definition) is 4. The van der Waals surface area contributed by atoms with E-state index in [9.17, 15) is 14.2 Å². The second-order valence-corrected chi connectivity index (χ2v) is 5.65. The molecular weight excluding hydrogens is 247 g/mol. The van der Waals surface area contributed by atoms with Gasteiger partial charge in [0.15, 0.2) is 0 Å². The summed E-state index contributed by atoms with van der Waals surface area (Å²) >= 11 is 0. The number of carbonyl (C=O) groups excluding carboxylic acids is 1. The fourth-order valence-electron chi connectivity index (χ4n) is 1.51. The Morgan fingerprint density at radius 3 is 2.82 bits per heavy atom. The van der Waals surface area contributed by atoms with E-state index in [0.717, 1.165) is 5.01 Å². The van der Waals surface area contributed by atoms with Crippen LogP contribution in [0.4, 0.5) is 0 Å². The van der Waals surface area contributed by atoms with Crippen LogP contribution in [-0.2, 0) is 14.2 Å². The Kier molecular flexibility index (Phi) is 4.16. The van der Waals surface area contributed by atoms with Gasteiger partial charge in [0.1, 0.15) is 6.04 Å². The van der Waals surface area contributed by atoms with Crippen molar-refractivity contribution >= 4 is 19.8 Å². The van der Waals surface area contributed by atoms with Crippen molar-refractivity contribution in [1.29, 1.82) is 0 Å². The van der Waals surface area contributed by atoms with Crippen LogP contribution in [0.1, 0.15) is 19.8 Å². The zero-order chi connectivity index (χ0) is 13.2. The molecule has 96 valence electrons. The maximum absolute atomic E-state index is 11.9. The van der Waals surface area contributed by atoms with Crippen LogP contribution >= 0.6 is 7.95 Å². The number of hydrazine groups is 1. The number of hydrogen-bond acceptors (Lipinski definition) is 5. The van der Waals surface area contributed by atoms with Gasteiger partial charge < -0.3 is 5.11 Å². The molecule has 17 heavy (non-hydrogen) atoms. The molecule has 1 saturated heterocycles. The lowest BCUT2D eigenvalue weighted by Crippen LogP contribution is -2.60. The van der Waals surface area contributed by atoms with Gasteiger partial charge in [-0.05, 0) is 17.9 Å². The summed E-state index contributed by atoms with van der Waals surface area (Å²) in [5.41, 5.74) is 5.77. The van der Waals surface area contributed by atoms with Gasteiger partial charge in [0, 0.05) is 13.0 Å². The van der Waals surface area contributed by atoms with Gasteiger partial charge in [-0.25, -0.2) is 5.84 Å². The number of carboxylic acid groups (broad SMARTS) is 1. The number of rotatable bonds is 4. The lowest BCUT2D eigenvalue weighted by molar-refractivity contribution is -0.139. The van der Waals surface area contributed by atoms with Crippen LogP contribution < -0.4 is 16.7 Å². The van der Waals surface area contributed by atoms with Gasteiger partial charge in [-0.1, -0.05) is 5.09 Å². The minimum atomic E-state index is -2.39. The summed E-state index contributed by atoms with van der Waals surface area (Å²) in [6.45, 7) is 1.68. The van der Waals surface area contributed by atoms with E-state index in [1.807, 2.05) is 0 Å². The SMILES string of the molecule is CC(N[P+](=O)[C@@]1(N)CCCN(N)C1=O)C(=O)O. The van der Waals surface area contributed by atoms with Crippen LogP contribution in [0.2, 0.25) is 0 Å². The summed E-state index contributed by atoms with van der Waals surface area (Å²) in [5.74, 6) is 3.62. The van der Waals surface area contributed by atoms with E-state index in [0.29, 0.717) is 13.0 Å². The number of nitrogens with two attached hydrogens (primary N) is 2. The van der Waals surface area contributed by atoms with Crippen molar-refractivity contribution in [3.8, 4) is 0 Å². The monoisotopic (exact) mass is 263 g/mol. The summed E-state index contributed by atoms with van der Waals surface area (Å²) < 4.78 is 11.9. The molecule has 1 amide bonds. The molecule has 0 radical (unpaired) electrons. The fraction of sp³-hybridized carbons (Fsp3) is 0.750. The molecule has 0 aromatic carbocycles. The number of amides is 1. The molecule has 1 aliphatic heterocycles. The Hall–Kier alpha value is -1.08. The molecule has 2 unspecified atom stereocenters. The number of aliphatic carboxylic acids is 1. The van der Waals surface area contributed by atoms with E-state index < -0.39 is 31.2 Å². The highest BCUT2D eigenvalue weighted by atomic mass is 31.1. The summed E-state index contributed by atoms with van der Waals surface area (Å²) in [7, 11) is -2.39. The maximum Gasteiger partial charge on any atom is 0.465 e. The zero-order valence-corrected chi connectivity index (χ0v) is 10.3. The first-order chi connectivity index (χ1) is 7.79. The fourth-order valence-corrected chi connectivity index (χ4v) is 2.87. The third-order valence-corrected chi connectivity index (χ3v) is 4.39. The van der Waals surface area contributed by atoms with Crippen LogP contribution in [0.25, 0.3) is 0 Å². The van der Waals surface area contributed by atoms with E-state index >= 15 is 0 Å². The first-order valence-corrected chi connectivity index (χ1v) is 6.37. The molecular formula is C8H16N4O4P+. The van der Waals surface area contributed by atoms with Gasteiger partial charge in [-0.3, -0.25) is 20.3 Å². The highest BCUT2D eigenvalue weighted by Crippen LogP contribution is 2.38. The minimum Gasteiger partial charge on any atom is -0.480 e. The van der Waals surface area contributed by atoms with Crippen molar-refractivity contribution in [3.63, 3.8) is 0 Å². The zero-order valence-electron chi connectivity index (χ0n) is 9.42. The van der Waals surface area contributed by atoms with Gasteiger partial charge >= 0.3 is 25.1 Å². The second kappa shape index (κ2) is 5.05. The van der Waals surface area contributed by atoms with Crippen molar-refractivity contribution in [2.75, 3.05) is 6.54 Å². The largest absolute Gasteiger partial charge is 0.480 e. The van der Waals surface area contributed by atoms with Crippen molar-refractivity contribution in [2.45, 2.75) is 31.1 Å². The third kappa shape index (κ3) is 2.78. The highest BCUT2D eigenvalue weighted by molar-refractivity contribution is 7.45. The topological polar surface area (TPSA) is 139 Å². The van der Waals surface area contributed by atoms with Crippen LogP contribution in [0.15, 0.2) is 0 Å². The third-order valence-electron chi connectivity index (χ3n) is 2.63. The lowest BCUT2D eigenvalue weighted by Gasteiger charge is -2.29. The number of carbonyl (C=O) groups is 2. The van der Waals surface area contributed by atoms with Crippen LogP contribution in [0.5, 0.6) is 0 Å². The normalized spacial score (nSPS) is 27.8. The van der Waals surface area contributed by atoms with E-state index in [-0.39, 0.29) is 6.42 Å². The van der Waals surface area contributed by atoms with Crippen molar-refractivity contribution in [1.82, 2.24) is 10.1 Å². The van der Waals surface area contributed by atoms with Gasteiger partial charge in [0.05, 0.1) is 0 Å². The van der Waals surface area contributed by atoms with E-state index in [4.69, 9.17) is 16.7 Å². The van der Waals surface area contributed by atoms with Crippen molar-refractivity contribution in [3.05, 3.63) is 0 Å². The first-order valence-electron chi connectivity index (χ1n) is 5.11. The minimum absolute atomic E-state index is 0.216. The molecule has 3 atom stereocenters. The molecule has 9 heteroatoms. The standard InChI is InChI=1S/C8H15N4O4P/c1-5(6(13)14)11-17(16)8(9)3-2-4-12(10)7(8)15/h5H,2-4,9-10H2,1H3,(H-,11,13,14,16)/p+1/t5?,8-/m0/s1. The first kappa shape index (κ1) is 14.0. The van der Waals surface area contributed by atoms with Gasteiger partial charge in [0.25, 0.3) is 0 Å². The molecule has 0 aromatic heterocycles. The van der Waals surface area contributed by atoms with E-state index in [2.05, 4.69) is 5.09 Å². The van der Waals surface area contributed by atoms with Gasteiger partial charge in [0.2, 0.25) is 0 Å². The van der Waals surface area contributed by atoms with Crippen LogP contribution in [0, 0.1) is 0 Å². The molecule has 0 bridgehead atoms. The average Bonchev–Trinajstić information content (AvgIpc) is 2.25. The highest BCUT2D eigenvalue weighted by Gasteiger charge is 2.57. The molecule has 0 spiro atoms. The molecule has 1 heterocycles. The quantitative estimate of drug-likeness (QED) is 0.288. The second-order valence-electron chi connectivity index (χ2n) is 4.01. The number of carboxylic acids is 1. The van der Waals surface area contributed by atoms with Crippen LogP contribution in [-0.4, -0.2) is 39.9 Å². The molecule has 1 fully saturated rings. The van der Waals surface area contributed by atoms with E-state index in [1.54, 1.807) is 0 Å². The Morgan fingerprint density at radius 1 is 1.71 bits per heavy atom. The summed E-state index contributed by atoms with van der Waals surface area (Å²) in [4.78, 5) is 22.4.